The number of carbonyl (C=O) groups is 1. The molecule has 21 heavy (non-hydrogen) atoms. The van der Waals surface area contributed by atoms with Gasteiger partial charge in [0.1, 0.15) is 10.6 Å². The minimum atomic E-state index is -3.58. The van der Waals surface area contributed by atoms with Crippen LogP contribution in [0.1, 0.15) is 31.3 Å². The summed E-state index contributed by atoms with van der Waals surface area (Å²) in [6.07, 6.45) is 0.762. The van der Waals surface area contributed by atoms with Gasteiger partial charge in [-0.1, -0.05) is 13.8 Å². The fourth-order valence-corrected chi connectivity index (χ4v) is 3.47. The zero-order valence-corrected chi connectivity index (χ0v) is 13.6. The molecule has 0 spiro atoms. The Hall–Kier alpha value is -1.38. The average molecular weight is 317 g/mol. The number of aliphatic hydroxyl groups is 1. The minimum Gasteiger partial charge on any atom is -0.392 e. The predicted octanol–water partition coefficient (Wildman–Crippen LogP) is 0.166. The standard InChI is InChI=1S/C13H23N3O4S/c1-5-16(6-2)21(19,20)11-7-12(15(4)9-11)13(18)14-8-10(3)17/h7,9-10,17H,5-6,8H2,1-4H3,(H,14,18)/t10-/m0/s1. The van der Waals surface area contributed by atoms with Gasteiger partial charge in [-0.25, -0.2) is 8.42 Å². The molecule has 120 valence electrons. The summed E-state index contributed by atoms with van der Waals surface area (Å²) in [6, 6.07) is 1.35. The predicted molar refractivity (Wildman–Crippen MR) is 79.5 cm³/mol. The van der Waals surface area contributed by atoms with Crippen LogP contribution >= 0.6 is 0 Å². The smallest absolute Gasteiger partial charge is 0.268 e. The topological polar surface area (TPSA) is 91.6 Å². The molecule has 0 aliphatic rings. The van der Waals surface area contributed by atoms with E-state index in [1.165, 1.54) is 21.1 Å². The van der Waals surface area contributed by atoms with Crippen LogP contribution in [0.4, 0.5) is 0 Å². The number of sulfonamides is 1. The van der Waals surface area contributed by atoms with Gasteiger partial charge in [0.2, 0.25) is 10.0 Å². The van der Waals surface area contributed by atoms with Gasteiger partial charge in [0.05, 0.1) is 6.10 Å². The molecule has 7 nitrogen and oxygen atoms in total. The van der Waals surface area contributed by atoms with E-state index in [1.54, 1.807) is 27.8 Å². The molecule has 0 unspecified atom stereocenters. The lowest BCUT2D eigenvalue weighted by Crippen LogP contribution is -2.31. The van der Waals surface area contributed by atoms with Gasteiger partial charge >= 0.3 is 0 Å². The number of amides is 1. The second-order valence-corrected chi connectivity index (χ2v) is 6.76. The first-order valence-electron chi connectivity index (χ1n) is 6.86. The lowest BCUT2D eigenvalue weighted by molar-refractivity contribution is 0.0916. The normalized spacial score (nSPS) is 13.4. The van der Waals surface area contributed by atoms with Crippen LogP contribution in [-0.4, -0.2) is 54.0 Å². The summed E-state index contributed by atoms with van der Waals surface area (Å²) >= 11 is 0. The number of nitrogens with zero attached hydrogens (tertiary/aromatic N) is 2. The van der Waals surface area contributed by atoms with Crippen LogP contribution in [-0.2, 0) is 17.1 Å². The lowest BCUT2D eigenvalue weighted by atomic mass is 10.3. The molecular formula is C13H23N3O4S. The van der Waals surface area contributed by atoms with Crippen molar-refractivity contribution < 1.29 is 18.3 Å². The number of aliphatic hydroxyl groups excluding tert-OH is 1. The van der Waals surface area contributed by atoms with Gasteiger partial charge in [-0.15, -0.1) is 0 Å². The molecule has 1 rings (SSSR count). The third-order valence-electron chi connectivity index (χ3n) is 3.11. The summed E-state index contributed by atoms with van der Waals surface area (Å²) in [7, 11) is -1.97. The van der Waals surface area contributed by atoms with Crippen LogP contribution in [0.3, 0.4) is 0 Å². The number of hydrogen-bond donors (Lipinski definition) is 2. The molecule has 1 aromatic heterocycles. The van der Waals surface area contributed by atoms with E-state index >= 15 is 0 Å². The van der Waals surface area contributed by atoms with Gasteiger partial charge in [0.15, 0.2) is 0 Å². The van der Waals surface area contributed by atoms with Gasteiger partial charge in [0, 0.05) is 32.9 Å². The highest BCUT2D eigenvalue weighted by Gasteiger charge is 2.25. The maximum atomic E-state index is 12.4. The number of hydrogen-bond acceptors (Lipinski definition) is 4. The lowest BCUT2D eigenvalue weighted by Gasteiger charge is -2.17. The summed E-state index contributed by atoms with van der Waals surface area (Å²) < 4.78 is 27.6. The van der Waals surface area contributed by atoms with Crippen LogP contribution in [0.5, 0.6) is 0 Å². The number of aryl methyl sites for hydroxylation is 1. The number of carbonyl (C=O) groups excluding carboxylic acids is 1. The van der Waals surface area contributed by atoms with E-state index in [2.05, 4.69) is 5.32 Å². The fourth-order valence-electron chi connectivity index (χ4n) is 1.94. The molecule has 0 radical (unpaired) electrons. The van der Waals surface area contributed by atoms with Crippen LogP contribution in [0.25, 0.3) is 0 Å². The molecule has 2 N–H and O–H groups in total. The van der Waals surface area contributed by atoms with Crippen LogP contribution < -0.4 is 5.32 Å². The Kier molecular flexibility index (Phi) is 5.94. The Morgan fingerprint density at radius 1 is 1.43 bits per heavy atom. The van der Waals surface area contributed by atoms with Crippen molar-refractivity contribution in [2.45, 2.75) is 31.8 Å². The monoisotopic (exact) mass is 317 g/mol. The molecular weight excluding hydrogens is 294 g/mol. The third kappa shape index (κ3) is 4.05. The van der Waals surface area contributed by atoms with Crippen LogP contribution in [0, 0.1) is 0 Å². The first-order valence-corrected chi connectivity index (χ1v) is 8.30. The molecule has 0 aliphatic heterocycles. The van der Waals surface area contributed by atoms with E-state index in [0.717, 1.165) is 0 Å². The van der Waals surface area contributed by atoms with Gasteiger partial charge in [-0.05, 0) is 13.0 Å². The number of aromatic nitrogens is 1. The molecule has 1 aromatic rings. The Balaban J connectivity index is 3.05. The second kappa shape index (κ2) is 7.06. The first-order chi connectivity index (χ1) is 9.73. The minimum absolute atomic E-state index is 0.0934. The summed E-state index contributed by atoms with van der Waals surface area (Å²) in [5.74, 6) is -0.417. The van der Waals surface area contributed by atoms with E-state index in [1.807, 2.05) is 0 Å². The molecule has 1 amide bonds. The van der Waals surface area contributed by atoms with Crippen molar-refractivity contribution in [2.24, 2.45) is 7.05 Å². The molecule has 1 atom stereocenters. The first kappa shape index (κ1) is 17.7. The fraction of sp³-hybridized carbons (Fsp3) is 0.615. The van der Waals surface area contributed by atoms with Crippen LogP contribution in [0.15, 0.2) is 17.2 Å². The average Bonchev–Trinajstić information content (AvgIpc) is 2.80. The van der Waals surface area contributed by atoms with Crippen molar-refractivity contribution in [3.8, 4) is 0 Å². The molecule has 0 aromatic carbocycles. The van der Waals surface area contributed by atoms with Gasteiger partial charge in [0.25, 0.3) is 5.91 Å². The Morgan fingerprint density at radius 3 is 2.48 bits per heavy atom. The maximum absolute atomic E-state index is 12.4. The molecule has 0 saturated heterocycles. The maximum Gasteiger partial charge on any atom is 0.268 e. The zero-order chi connectivity index (χ0) is 16.2. The second-order valence-electron chi connectivity index (χ2n) is 4.82. The Bertz CT molecular complexity index is 589. The zero-order valence-electron chi connectivity index (χ0n) is 12.8. The van der Waals surface area contributed by atoms with Gasteiger partial charge < -0.3 is 15.0 Å². The van der Waals surface area contributed by atoms with E-state index in [0.29, 0.717) is 13.1 Å². The Morgan fingerprint density at radius 2 is 2.00 bits per heavy atom. The molecule has 8 heteroatoms. The van der Waals surface area contributed by atoms with Crippen molar-refractivity contribution in [1.29, 1.82) is 0 Å². The van der Waals surface area contributed by atoms with E-state index < -0.39 is 22.0 Å². The highest BCUT2D eigenvalue weighted by molar-refractivity contribution is 7.89. The number of nitrogens with one attached hydrogen (secondary N) is 1. The SMILES string of the molecule is CCN(CC)S(=O)(=O)c1cc(C(=O)NC[C@H](C)O)n(C)c1. The number of rotatable bonds is 7. The van der Waals surface area contributed by atoms with Gasteiger partial charge in [-0.2, -0.15) is 4.31 Å². The summed E-state index contributed by atoms with van der Waals surface area (Å²) in [5.41, 5.74) is 0.237. The highest BCUT2D eigenvalue weighted by atomic mass is 32.2. The third-order valence-corrected chi connectivity index (χ3v) is 5.13. The van der Waals surface area contributed by atoms with Crippen molar-refractivity contribution in [1.82, 2.24) is 14.2 Å². The van der Waals surface area contributed by atoms with E-state index in [-0.39, 0.29) is 17.1 Å². The molecule has 0 saturated carbocycles. The van der Waals surface area contributed by atoms with Crippen molar-refractivity contribution in [2.75, 3.05) is 19.6 Å². The van der Waals surface area contributed by atoms with Crippen LogP contribution in [0.2, 0.25) is 0 Å². The molecule has 0 aliphatic carbocycles. The van der Waals surface area contributed by atoms with E-state index in [9.17, 15) is 13.2 Å². The van der Waals surface area contributed by atoms with E-state index in [4.69, 9.17) is 5.11 Å². The quantitative estimate of drug-likeness (QED) is 0.750. The van der Waals surface area contributed by atoms with Crippen molar-refractivity contribution >= 4 is 15.9 Å². The van der Waals surface area contributed by atoms with Crippen molar-refractivity contribution in [3.63, 3.8) is 0 Å². The van der Waals surface area contributed by atoms with Crippen molar-refractivity contribution in [3.05, 3.63) is 18.0 Å². The molecule has 1 heterocycles. The highest BCUT2D eigenvalue weighted by Crippen LogP contribution is 2.18. The molecule has 0 bridgehead atoms. The largest absolute Gasteiger partial charge is 0.392 e. The summed E-state index contributed by atoms with van der Waals surface area (Å²) in [6.45, 7) is 5.94. The molecule has 0 fully saturated rings. The summed E-state index contributed by atoms with van der Waals surface area (Å²) in [5, 5.41) is 11.7. The summed E-state index contributed by atoms with van der Waals surface area (Å²) in [4.78, 5) is 12.1. The van der Waals surface area contributed by atoms with Gasteiger partial charge in [-0.3, -0.25) is 4.79 Å². The Labute approximate surface area is 125 Å².